The molecule has 166 valence electrons. The number of anilines is 1. The number of amides is 2. The molecule has 1 aromatic rings. The van der Waals surface area contributed by atoms with Crippen LogP contribution in [0.1, 0.15) is 52.0 Å². The summed E-state index contributed by atoms with van der Waals surface area (Å²) < 4.78 is 5.44. The minimum Gasteiger partial charge on any atom is -0.444 e. The monoisotopic (exact) mass is 435 g/mol. The maximum Gasteiger partial charge on any atom is 0.410 e. The van der Waals surface area contributed by atoms with Crippen molar-refractivity contribution in [2.24, 2.45) is 0 Å². The number of hydrogen-bond donors (Lipinski definition) is 1. The Hall–Kier alpha value is -2.21. The van der Waals surface area contributed by atoms with E-state index in [1.165, 1.54) is 0 Å². The normalized spacial score (nSPS) is 19.6. The highest BCUT2D eigenvalue weighted by molar-refractivity contribution is 6.17. The van der Waals surface area contributed by atoms with Crippen LogP contribution < -0.4 is 10.2 Å². The van der Waals surface area contributed by atoms with E-state index in [2.05, 4.69) is 28.9 Å². The van der Waals surface area contributed by atoms with Crippen LogP contribution in [-0.4, -0.2) is 54.6 Å². The highest BCUT2D eigenvalue weighted by Gasteiger charge is 2.27. The number of halogens is 1. The number of piperazine rings is 1. The molecule has 2 saturated heterocycles. The van der Waals surface area contributed by atoms with Crippen molar-refractivity contribution >= 4 is 29.3 Å². The van der Waals surface area contributed by atoms with Crippen LogP contribution in [0.25, 0.3) is 0 Å². The zero-order valence-electron chi connectivity index (χ0n) is 18.5. The molecule has 1 unspecified atom stereocenters. The predicted molar refractivity (Wildman–Crippen MR) is 122 cm³/mol. The fraction of sp³-hybridized carbons (Fsp3) is 0.565. The average Bonchev–Trinajstić information content (AvgIpc) is 2.68. The van der Waals surface area contributed by atoms with Gasteiger partial charge in [-0.05, 0) is 51.3 Å². The molecule has 0 saturated carbocycles. The van der Waals surface area contributed by atoms with Crippen molar-refractivity contribution in [3.8, 4) is 0 Å². The second kappa shape index (κ2) is 10.7. The Bertz CT molecular complexity index is 735. The SMILES string of the molecule is C=C1CCC(c2ccc(N3CCN(C(=O)OC(C)(C)C)CC3)cc2)C(=O)N1.CCCl. The molecule has 2 fully saturated rings. The maximum absolute atomic E-state index is 12.2. The van der Waals surface area contributed by atoms with Crippen molar-refractivity contribution in [3.05, 3.63) is 42.1 Å². The Kier molecular flexibility index (Phi) is 8.59. The van der Waals surface area contributed by atoms with Gasteiger partial charge in [-0.15, -0.1) is 11.6 Å². The van der Waals surface area contributed by atoms with E-state index in [-0.39, 0.29) is 17.9 Å². The van der Waals surface area contributed by atoms with E-state index >= 15 is 0 Å². The minimum atomic E-state index is -0.470. The molecular formula is C23H34ClN3O3. The molecule has 0 radical (unpaired) electrons. The van der Waals surface area contributed by atoms with Gasteiger partial charge >= 0.3 is 6.09 Å². The molecule has 6 nitrogen and oxygen atoms in total. The zero-order valence-corrected chi connectivity index (χ0v) is 19.3. The molecule has 2 amide bonds. The number of carbonyl (C=O) groups excluding carboxylic acids is 2. The second-order valence-electron chi connectivity index (χ2n) is 8.50. The molecule has 2 aliphatic rings. The number of allylic oxidation sites excluding steroid dienone is 1. The summed E-state index contributed by atoms with van der Waals surface area (Å²) in [5.41, 5.74) is 2.48. The Morgan fingerprint density at radius 1 is 1.20 bits per heavy atom. The van der Waals surface area contributed by atoms with Gasteiger partial charge in [0.25, 0.3) is 0 Å². The van der Waals surface area contributed by atoms with Gasteiger partial charge in [-0.2, -0.15) is 0 Å². The Morgan fingerprint density at radius 3 is 2.27 bits per heavy atom. The lowest BCUT2D eigenvalue weighted by Gasteiger charge is -2.37. The van der Waals surface area contributed by atoms with Crippen LogP contribution in [0.15, 0.2) is 36.5 Å². The number of rotatable bonds is 2. The smallest absolute Gasteiger partial charge is 0.410 e. The van der Waals surface area contributed by atoms with Crippen LogP contribution in [0.2, 0.25) is 0 Å². The first-order valence-corrected chi connectivity index (χ1v) is 11.1. The van der Waals surface area contributed by atoms with Gasteiger partial charge in [0, 0.05) is 43.4 Å². The lowest BCUT2D eigenvalue weighted by atomic mass is 9.90. The Balaban J connectivity index is 0.00000101. The Labute approximate surface area is 185 Å². The molecule has 1 N–H and O–H groups in total. The van der Waals surface area contributed by atoms with Crippen molar-refractivity contribution in [1.82, 2.24) is 10.2 Å². The van der Waals surface area contributed by atoms with E-state index < -0.39 is 5.60 Å². The number of ether oxygens (including phenoxy) is 1. The molecule has 2 heterocycles. The molecule has 0 spiro atoms. The molecule has 0 bridgehead atoms. The summed E-state index contributed by atoms with van der Waals surface area (Å²) in [7, 11) is 0. The largest absolute Gasteiger partial charge is 0.444 e. The van der Waals surface area contributed by atoms with Crippen LogP contribution >= 0.6 is 11.6 Å². The van der Waals surface area contributed by atoms with Crippen molar-refractivity contribution in [3.63, 3.8) is 0 Å². The van der Waals surface area contributed by atoms with E-state index in [1.807, 2.05) is 39.8 Å². The lowest BCUT2D eigenvalue weighted by molar-refractivity contribution is -0.122. The number of nitrogens with one attached hydrogen (secondary N) is 1. The van der Waals surface area contributed by atoms with Gasteiger partial charge in [0.2, 0.25) is 5.91 Å². The molecule has 30 heavy (non-hydrogen) atoms. The fourth-order valence-corrected chi connectivity index (χ4v) is 3.48. The molecule has 7 heteroatoms. The van der Waals surface area contributed by atoms with Gasteiger partial charge in [-0.3, -0.25) is 4.79 Å². The number of carbonyl (C=O) groups is 2. The summed E-state index contributed by atoms with van der Waals surface area (Å²) in [6.45, 7) is 14.2. The van der Waals surface area contributed by atoms with Gasteiger partial charge in [0.05, 0.1) is 5.92 Å². The molecule has 0 aromatic heterocycles. The fourth-order valence-electron chi connectivity index (χ4n) is 3.48. The van der Waals surface area contributed by atoms with E-state index in [1.54, 1.807) is 4.90 Å². The topological polar surface area (TPSA) is 61.9 Å². The number of benzene rings is 1. The van der Waals surface area contributed by atoms with Crippen molar-refractivity contribution in [2.75, 3.05) is 37.0 Å². The average molecular weight is 436 g/mol. The third-order valence-electron chi connectivity index (χ3n) is 4.94. The van der Waals surface area contributed by atoms with E-state index in [0.717, 1.165) is 48.8 Å². The van der Waals surface area contributed by atoms with Crippen molar-refractivity contribution < 1.29 is 14.3 Å². The van der Waals surface area contributed by atoms with Gasteiger partial charge in [-0.25, -0.2) is 4.79 Å². The first-order valence-electron chi connectivity index (χ1n) is 10.5. The summed E-state index contributed by atoms with van der Waals surface area (Å²) in [5.74, 6) is 0.651. The number of alkyl halides is 1. The van der Waals surface area contributed by atoms with Crippen LogP contribution in [-0.2, 0) is 9.53 Å². The maximum atomic E-state index is 12.2. The summed E-state index contributed by atoms with van der Waals surface area (Å²) in [6.07, 6.45) is 1.38. The molecule has 2 aliphatic heterocycles. The van der Waals surface area contributed by atoms with Crippen molar-refractivity contribution in [2.45, 2.75) is 52.1 Å². The van der Waals surface area contributed by atoms with E-state index in [9.17, 15) is 9.59 Å². The highest BCUT2D eigenvalue weighted by Crippen LogP contribution is 2.29. The van der Waals surface area contributed by atoms with Crippen LogP contribution in [0.5, 0.6) is 0 Å². The molecular weight excluding hydrogens is 402 g/mol. The summed E-state index contributed by atoms with van der Waals surface area (Å²) >= 11 is 5.00. The zero-order chi connectivity index (χ0) is 22.3. The van der Waals surface area contributed by atoms with Crippen LogP contribution in [0.3, 0.4) is 0 Å². The van der Waals surface area contributed by atoms with Crippen molar-refractivity contribution in [1.29, 1.82) is 0 Å². The number of hydrogen-bond acceptors (Lipinski definition) is 4. The first-order chi connectivity index (χ1) is 14.1. The molecule has 1 atom stereocenters. The summed E-state index contributed by atoms with van der Waals surface area (Å²) in [6, 6.07) is 8.20. The predicted octanol–water partition coefficient (Wildman–Crippen LogP) is 4.50. The second-order valence-corrected chi connectivity index (χ2v) is 9.03. The third-order valence-corrected chi connectivity index (χ3v) is 4.94. The molecule has 1 aromatic carbocycles. The minimum absolute atomic E-state index is 0.0324. The standard InChI is InChI=1S/C21H29N3O3.C2H5Cl/c1-15-5-10-18(19(25)22-15)16-6-8-17(9-7-16)23-11-13-24(14-12-23)20(26)27-21(2,3)4;1-2-3/h6-9,18H,1,5,10-14H2,2-4H3,(H,22,25);2H2,1H3. The lowest BCUT2D eigenvalue weighted by Crippen LogP contribution is -2.50. The van der Waals surface area contributed by atoms with Crippen LogP contribution in [0.4, 0.5) is 10.5 Å². The molecule has 0 aliphatic carbocycles. The van der Waals surface area contributed by atoms with Gasteiger partial charge in [-0.1, -0.05) is 25.6 Å². The van der Waals surface area contributed by atoms with Gasteiger partial charge in [0.1, 0.15) is 5.60 Å². The Morgan fingerprint density at radius 2 is 1.77 bits per heavy atom. The third kappa shape index (κ3) is 6.94. The highest BCUT2D eigenvalue weighted by atomic mass is 35.5. The van der Waals surface area contributed by atoms with E-state index in [4.69, 9.17) is 16.3 Å². The van der Waals surface area contributed by atoms with Crippen LogP contribution in [0, 0.1) is 0 Å². The quantitative estimate of drug-likeness (QED) is 0.695. The first kappa shape index (κ1) is 24.1. The summed E-state index contributed by atoms with van der Waals surface area (Å²) in [4.78, 5) is 28.3. The van der Waals surface area contributed by atoms with Gasteiger partial charge < -0.3 is 19.9 Å². The number of nitrogens with zero attached hydrogens (tertiary/aromatic N) is 2. The van der Waals surface area contributed by atoms with E-state index in [0.29, 0.717) is 13.1 Å². The molecule has 3 rings (SSSR count). The number of piperidine rings is 1. The van der Waals surface area contributed by atoms with Gasteiger partial charge in [0.15, 0.2) is 0 Å². The summed E-state index contributed by atoms with van der Waals surface area (Å²) in [5, 5.41) is 2.84.